The number of hydrogen-bond donors (Lipinski definition) is 3. The molecule has 5 rings (SSSR count). The smallest absolute Gasteiger partial charge is 0.289 e. The number of nitrogens with zero attached hydrogens (tertiary/aromatic N) is 3. The molecular formula is C27H23F2N5O3. The lowest BCUT2D eigenvalue weighted by Gasteiger charge is -2.30. The maximum absolute atomic E-state index is 15.1. The highest BCUT2D eigenvalue weighted by Gasteiger charge is 2.29. The molecule has 1 aliphatic rings. The summed E-state index contributed by atoms with van der Waals surface area (Å²) in [4.78, 5) is 11.6. The normalized spacial score (nSPS) is 17.1. The Balaban J connectivity index is 1.46. The van der Waals surface area contributed by atoms with Crippen LogP contribution in [0.4, 0.5) is 14.5 Å². The van der Waals surface area contributed by atoms with Gasteiger partial charge in [-0.1, -0.05) is 13.0 Å². The van der Waals surface area contributed by atoms with Crippen LogP contribution in [-0.4, -0.2) is 40.9 Å². The van der Waals surface area contributed by atoms with E-state index in [4.69, 9.17) is 9.47 Å². The average molecular weight is 504 g/mol. The summed E-state index contributed by atoms with van der Waals surface area (Å²) in [6.07, 6.45) is 3.22. The molecule has 2 aromatic heterocycles. The van der Waals surface area contributed by atoms with Crippen molar-refractivity contribution in [3.05, 3.63) is 71.6 Å². The molecule has 3 N–H and O–H groups in total. The van der Waals surface area contributed by atoms with Crippen molar-refractivity contribution in [2.75, 3.05) is 25.1 Å². The summed E-state index contributed by atoms with van der Waals surface area (Å²) in [6, 6.07) is 11.2. The number of hydrogen-bond acceptors (Lipinski definition) is 7. The summed E-state index contributed by atoms with van der Waals surface area (Å²) in [5.41, 5.74) is 3.02. The molecule has 4 aromatic rings. The van der Waals surface area contributed by atoms with E-state index in [1.807, 2.05) is 19.9 Å². The van der Waals surface area contributed by atoms with E-state index < -0.39 is 22.8 Å². The van der Waals surface area contributed by atoms with Crippen molar-refractivity contribution < 1.29 is 23.4 Å². The van der Waals surface area contributed by atoms with Gasteiger partial charge in [-0.2, -0.15) is 5.26 Å². The average Bonchev–Trinajstić information content (AvgIpc) is 3.32. The lowest BCUT2D eigenvalue weighted by atomic mass is 9.93. The Morgan fingerprint density at radius 1 is 1.22 bits per heavy atom. The van der Waals surface area contributed by atoms with Crippen molar-refractivity contribution in [1.82, 2.24) is 9.97 Å². The molecular weight excluding hydrogens is 480 g/mol. The fraction of sp³-hybridized carbons (Fsp3) is 0.222. The minimum absolute atomic E-state index is 0.0883. The van der Waals surface area contributed by atoms with Crippen LogP contribution < -0.4 is 10.1 Å². The number of aromatic amines is 1. The number of ether oxygens (including phenoxy) is 2. The van der Waals surface area contributed by atoms with Crippen LogP contribution >= 0.6 is 0 Å². The predicted molar refractivity (Wildman–Crippen MR) is 134 cm³/mol. The zero-order valence-corrected chi connectivity index (χ0v) is 20.1. The van der Waals surface area contributed by atoms with Crippen molar-refractivity contribution in [1.29, 1.82) is 5.26 Å². The van der Waals surface area contributed by atoms with E-state index >= 15 is 8.78 Å². The van der Waals surface area contributed by atoms with Gasteiger partial charge in [0, 0.05) is 41.2 Å². The molecule has 0 fully saturated rings. The SMILES string of the molecule is Cc1cc(C#N)ccc1-c1c[nH]c2nccc(Oc3c(F)cc(NC4=NC[C@](C)(CO)CO4)cc3F)c12. The van der Waals surface area contributed by atoms with Crippen molar-refractivity contribution in [2.24, 2.45) is 10.4 Å². The number of fused-ring (bicyclic) bond motifs is 1. The second-order valence-corrected chi connectivity index (χ2v) is 9.25. The number of aliphatic hydroxyl groups excluding tert-OH is 1. The van der Waals surface area contributed by atoms with Gasteiger partial charge < -0.3 is 24.9 Å². The van der Waals surface area contributed by atoms with E-state index in [1.54, 1.807) is 18.3 Å². The molecule has 0 saturated carbocycles. The first-order chi connectivity index (χ1) is 17.8. The summed E-state index contributed by atoms with van der Waals surface area (Å²) in [7, 11) is 0. The van der Waals surface area contributed by atoms with Crippen LogP contribution in [0, 0.1) is 35.3 Å². The summed E-state index contributed by atoms with van der Waals surface area (Å²) in [5, 5.41) is 21.9. The van der Waals surface area contributed by atoms with Crippen LogP contribution in [0.1, 0.15) is 18.1 Å². The zero-order chi connectivity index (χ0) is 26.2. The number of H-pyrrole nitrogens is 1. The number of amidine groups is 1. The standard InChI is InChI=1S/C27H23F2N5O3/c1-15-7-16(10-30)3-4-18(15)19-11-32-25-23(19)22(5-6-31-25)37-24-20(28)8-17(9-21(24)29)34-26-33-12-27(2,13-35)14-36-26/h3-9,11,35H,12-14H2,1-2H3,(H,31,32)(H,33,34)/t27-/m1/s1. The van der Waals surface area contributed by atoms with E-state index in [0.717, 1.165) is 28.8 Å². The Bertz CT molecular complexity index is 1550. The predicted octanol–water partition coefficient (Wildman–Crippen LogP) is 5.28. The van der Waals surface area contributed by atoms with Crippen LogP contribution in [0.3, 0.4) is 0 Å². The van der Waals surface area contributed by atoms with Crippen molar-refractivity contribution in [2.45, 2.75) is 13.8 Å². The Labute approximate surface area is 211 Å². The van der Waals surface area contributed by atoms with Crippen LogP contribution in [0.15, 0.2) is 53.8 Å². The van der Waals surface area contributed by atoms with Crippen LogP contribution in [0.25, 0.3) is 22.2 Å². The van der Waals surface area contributed by atoms with Crippen molar-refractivity contribution in [3.63, 3.8) is 0 Å². The van der Waals surface area contributed by atoms with Crippen LogP contribution in [0.2, 0.25) is 0 Å². The number of benzene rings is 2. The van der Waals surface area contributed by atoms with Gasteiger partial charge in [-0.25, -0.2) is 18.8 Å². The first-order valence-electron chi connectivity index (χ1n) is 11.5. The molecule has 0 aliphatic carbocycles. The van der Waals surface area contributed by atoms with E-state index in [1.165, 1.54) is 12.3 Å². The van der Waals surface area contributed by atoms with Gasteiger partial charge in [-0.05, 0) is 36.2 Å². The number of aryl methyl sites for hydroxylation is 1. The number of aliphatic hydroxyl groups is 1. The van der Waals surface area contributed by atoms with Gasteiger partial charge in [0.2, 0.25) is 0 Å². The van der Waals surface area contributed by atoms with Gasteiger partial charge >= 0.3 is 0 Å². The highest BCUT2D eigenvalue weighted by atomic mass is 19.1. The molecule has 0 spiro atoms. The number of nitriles is 1. The van der Waals surface area contributed by atoms with Gasteiger partial charge in [0.25, 0.3) is 6.02 Å². The van der Waals surface area contributed by atoms with E-state index in [9.17, 15) is 10.4 Å². The third kappa shape index (κ3) is 4.69. The molecule has 0 radical (unpaired) electrons. The van der Waals surface area contributed by atoms with Crippen molar-refractivity contribution >= 4 is 22.7 Å². The van der Waals surface area contributed by atoms with E-state index in [-0.39, 0.29) is 30.7 Å². The second-order valence-electron chi connectivity index (χ2n) is 9.25. The molecule has 1 aliphatic heterocycles. The van der Waals surface area contributed by atoms with Gasteiger partial charge in [0.1, 0.15) is 18.0 Å². The van der Waals surface area contributed by atoms with Crippen LogP contribution in [-0.2, 0) is 4.74 Å². The molecule has 0 bridgehead atoms. The number of halogens is 2. The van der Waals surface area contributed by atoms with Gasteiger partial charge in [0.15, 0.2) is 17.4 Å². The summed E-state index contributed by atoms with van der Waals surface area (Å²) in [6.45, 7) is 4.15. The molecule has 0 amide bonds. The fourth-order valence-corrected chi connectivity index (χ4v) is 4.09. The monoisotopic (exact) mass is 503 g/mol. The molecule has 1 atom stereocenters. The molecule has 0 unspecified atom stereocenters. The number of rotatable bonds is 5. The third-order valence-electron chi connectivity index (χ3n) is 6.19. The van der Waals surface area contributed by atoms with Gasteiger partial charge in [-0.3, -0.25) is 0 Å². The molecule has 188 valence electrons. The minimum atomic E-state index is -0.921. The number of aromatic nitrogens is 2. The zero-order valence-electron chi connectivity index (χ0n) is 20.1. The van der Waals surface area contributed by atoms with E-state index in [2.05, 4.69) is 26.3 Å². The molecule has 2 aromatic carbocycles. The number of anilines is 1. The Morgan fingerprint density at radius 2 is 2.00 bits per heavy atom. The Morgan fingerprint density at radius 3 is 2.65 bits per heavy atom. The maximum atomic E-state index is 15.1. The minimum Gasteiger partial charge on any atom is -0.464 e. The maximum Gasteiger partial charge on any atom is 0.289 e. The number of pyridine rings is 1. The molecule has 37 heavy (non-hydrogen) atoms. The third-order valence-corrected chi connectivity index (χ3v) is 6.19. The second kappa shape index (κ2) is 9.52. The quantitative estimate of drug-likeness (QED) is 0.341. The number of nitrogens with one attached hydrogen (secondary N) is 2. The van der Waals surface area contributed by atoms with Gasteiger partial charge in [-0.15, -0.1) is 0 Å². The summed E-state index contributed by atoms with van der Waals surface area (Å²) in [5.74, 6) is -2.20. The first-order valence-corrected chi connectivity index (χ1v) is 11.5. The topological polar surface area (TPSA) is 116 Å². The van der Waals surface area contributed by atoms with Crippen LogP contribution in [0.5, 0.6) is 11.5 Å². The van der Waals surface area contributed by atoms with Gasteiger partial charge in [0.05, 0.1) is 30.2 Å². The molecule has 3 heterocycles. The largest absolute Gasteiger partial charge is 0.464 e. The Kier molecular flexibility index (Phi) is 6.23. The van der Waals surface area contributed by atoms with Crippen molar-refractivity contribution in [3.8, 4) is 28.7 Å². The lowest BCUT2D eigenvalue weighted by Crippen LogP contribution is -2.38. The lowest BCUT2D eigenvalue weighted by molar-refractivity contribution is 0.0706. The summed E-state index contributed by atoms with van der Waals surface area (Å²) >= 11 is 0. The fourth-order valence-electron chi connectivity index (χ4n) is 4.09. The first kappa shape index (κ1) is 24.2. The Hall–Kier alpha value is -4.49. The molecule has 10 heteroatoms. The molecule has 0 saturated heterocycles. The highest BCUT2D eigenvalue weighted by Crippen LogP contribution is 2.39. The van der Waals surface area contributed by atoms with E-state index in [0.29, 0.717) is 23.1 Å². The highest BCUT2D eigenvalue weighted by molar-refractivity contribution is 5.99. The summed E-state index contributed by atoms with van der Waals surface area (Å²) < 4.78 is 41.4. The number of aliphatic imine (C=N–C) groups is 1. The molecule has 8 nitrogen and oxygen atoms in total.